The summed E-state index contributed by atoms with van der Waals surface area (Å²) in [6.45, 7) is 4.56. The lowest BCUT2D eigenvalue weighted by molar-refractivity contribution is 0.0969. The molecule has 8 nitrogen and oxygen atoms in total. The summed E-state index contributed by atoms with van der Waals surface area (Å²) in [5, 5.41) is 0. The summed E-state index contributed by atoms with van der Waals surface area (Å²) in [5.74, 6) is 0.340. The number of imidazole rings is 2. The lowest BCUT2D eigenvalue weighted by Crippen LogP contribution is -2.41. The minimum Gasteiger partial charge on any atom is -0.314 e. The molecule has 4 aromatic rings. The molecular weight excluding hydrogens is 370 g/mol. The molecule has 150 valence electrons. The van der Waals surface area contributed by atoms with E-state index in [9.17, 15) is 14.4 Å². The Morgan fingerprint density at radius 3 is 2.52 bits per heavy atom. The van der Waals surface area contributed by atoms with Crippen molar-refractivity contribution in [3.05, 3.63) is 68.6 Å². The van der Waals surface area contributed by atoms with E-state index in [2.05, 4.69) is 11.9 Å². The number of unbranched alkanes of at least 4 members (excludes halogenated alkanes) is 1. The molecule has 0 spiro atoms. The third-order valence-electron chi connectivity index (χ3n) is 5.27. The van der Waals surface area contributed by atoms with Gasteiger partial charge in [0.15, 0.2) is 16.9 Å². The van der Waals surface area contributed by atoms with Crippen LogP contribution in [0.1, 0.15) is 35.8 Å². The summed E-state index contributed by atoms with van der Waals surface area (Å²) < 4.78 is 6.10. The van der Waals surface area contributed by atoms with Crippen LogP contribution in [-0.2, 0) is 20.1 Å². The van der Waals surface area contributed by atoms with Crippen LogP contribution in [-0.4, -0.2) is 28.9 Å². The molecule has 0 radical (unpaired) electrons. The molecule has 3 heterocycles. The van der Waals surface area contributed by atoms with Gasteiger partial charge in [0, 0.05) is 31.0 Å². The van der Waals surface area contributed by atoms with Gasteiger partial charge in [-0.25, -0.2) is 4.79 Å². The number of fused-ring (bicyclic) bond motifs is 3. The molecule has 0 unspecified atom stereocenters. The van der Waals surface area contributed by atoms with Gasteiger partial charge in [0.1, 0.15) is 0 Å². The van der Waals surface area contributed by atoms with E-state index in [0.717, 1.165) is 29.6 Å². The van der Waals surface area contributed by atoms with Crippen LogP contribution in [0.5, 0.6) is 0 Å². The zero-order chi connectivity index (χ0) is 20.7. The number of benzene rings is 1. The fourth-order valence-corrected chi connectivity index (χ4v) is 3.65. The van der Waals surface area contributed by atoms with Gasteiger partial charge in [0.05, 0.1) is 6.54 Å². The minimum atomic E-state index is -0.552. The highest BCUT2D eigenvalue weighted by Crippen LogP contribution is 2.17. The predicted molar refractivity (Wildman–Crippen MR) is 111 cm³/mol. The molecule has 0 bridgehead atoms. The van der Waals surface area contributed by atoms with Crippen LogP contribution in [0, 0.1) is 6.92 Å². The van der Waals surface area contributed by atoms with Gasteiger partial charge in [-0.2, -0.15) is 4.98 Å². The highest BCUT2D eigenvalue weighted by molar-refractivity contribution is 5.95. The number of hydrogen-bond acceptors (Lipinski definition) is 4. The summed E-state index contributed by atoms with van der Waals surface area (Å²) in [4.78, 5) is 43.2. The Balaban J connectivity index is 1.91. The number of aromatic nitrogens is 5. The van der Waals surface area contributed by atoms with E-state index in [1.54, 1.807) is 35.7 Å². The summed E-state index contributed by atoms with van der Waals surface area (Å²) in [5.41, 5.74) is 1.02. The van der Waals surface area contributed by atoms with Crippen LogP contribution >= 0.6 is 0 Å². The molecule has 3 aromatic heterocycles. The molecule has 0 fully saturated rings. The molecule has 0 atom stereocenters. The first-order valence-electron chi connectivity index (χ1n) is 9.70. The Bertz CT molecular complexity index is 1340. The van der Waals surface area contributed by atoms with Crippen molar-refractivity contribution in [2.75, 3.05) is 0 Å². The first-order chi connectivity index (χ1) is 13.9. The lowest BCUT2D eigenvalue weighted by Gasteiger charge is -2.07. The molecule has 0 saturated carbocycles. The average Bonchev–Trinajstić information content (AvgIpc) is 3.23. The molecule has 8 heteroatoms. The van der Waals surface area contributed by atoms with Crippen LogP contribution in [0.2, 0.25) is 0 Å². The fraction of sp³-hybridized carbons (Fsp3) is 0.333. The first-order valence-corrected chi connectivity index (χ1v) is 9.70. The number of carbonyl (C=O) groups is 1. The number of nitrogens with zero attached hydrogens (tertiary/aromatic N) is 5. The van der Waals surface area contributed by atoms with Crippen molar-refractivity contribution in [3.63, 3.8) is 0 Å². The van der Waals surface area contributed by atoms with Crippen LogP contribution in [0.25, 0.3) is 16.9 Å². The van der Waals surface area contributed by atoms with Crippen molar-refractivity contribution < 1.29 is 4.79 Å². The van der Waals surface area contributed by atoms with Crippen LogP contribution in [0.3, 0.4) is 0 Å². The molecule has 0 aliphatic heterocycles. The van der Waals surface area contributed by atoms with E-state index in [-0.39, 0.29) is 12.3 Å². The van der Waals surface area contributed by atoms with E-state index in [1.165, 1.54) is 4.57 Å². The SMILES string of the molecule is CCCCn1c(C)cn2c3c(=O)n(CC(=O)c4ccccc4)c(=O)n(C)c3nc12. The Hall–Kier alpha value is -3.42. The molecule has 4 rings (SSSR count). The standard InChI is InChI=1S/C21H23N5O3/c1-4-5-11-24-14(2)12-25-17-18(22-20(24)25)23(3)21(29)26(19(17)28)13-16(27)15-9-7-6-8-10-15/h6-10,12H,4-5,11,13H2,1-3H3. The van der Waals surface area contributed by atoms with Crippen molar-refractivity contribution in [1.82, 2.24) is 23.1 Å². The van der Waals surface area contributed by atoms with Gasteiger partial charge in [0.25, 0.3) is 5.56 Å². The van der Waals surface area contributed by atoms with E-state index in [1.807, 2.05) is 23.8 Å². The van der Waals surface area contributed by atoms with Crippen molar-refractivity contribution >= 4 is 22.7 Å². The summed E-state index contributed by atoms with van der Waals surface area (Å²) in [7, 11) is 1.57. The Morgan fingerprint density at radius 2 is 1.83 bits per heavy atom. The lowest BCUT2D eigenvalue weighted by atomic mass is 10.1. The minimum absolute atomic E-state index is 0.290. The smallest absolute Gasteiger partial charge is 0.314 e. The number of hydrogen-bond donors (Lipinski definition) is 0. The normalized spacial score (nSPS) is 11.6. The zero-order valence-electron chi connectivity index (χ0n) is 16.8. The summed E-state index contributed by atoms with van der Waals surface area (Å²) >= 11 is 0. The second-order valence-electron chi connectivity index (χ2n) is 7.25. The fourth-order valence-electron chi connectivity index (χ4n) is 3.65. The number of Topliss-reactive ketones (excluding diaryl/α,β-unsaturated/α-hetero) is 1. The van der Waals surface area contributed by atoms with E-state index in [4.69, 9.17) is 0 Å². The van der Waals surface area contributed by atoms with Crippen molar-refractivity contribution in [3.8, 4) is 0 Å². The number of carbonyl (C=O) groups excluding carboxylic acids is 1. The number of aryl methyl sites for hydroxylation is 3. The van der Waals surface area contributed by atoms with Gasteiger partial charge in [-0.1, -0.05) is 43.7 Å². The van der Waals surface area contributed by atoms with Gasteiger partial charge in [0.2, 0.25) is 5.78 Å². The largest absolute Gasteiger partial charge is 0.332 e. The molecule has 0 aliphatic rings. The van der Waals surface area contributed by atoms with Crippen molar-refractivity contribution in [2.24, 2.45) is 7.05 Å². The second-order valence-corrected chi connectivity index (χ2v) is 7.25. The molecule has 29 heavy (non-hydrogen) atoms. The first kappa shape index (κ1) is 18.9. The predicted octanol–water partition coefficient (Wildman–Crippen LogP) is 2.14. The Labute approximate surface area is 166 Å². The van der Waals surface area contributed by atoms with Crippen LogP contribution in [0.15, 0.2) is 46.1 Å². The zero-order valence-corrected chi connectivity index (χ0v) is 16.8. The third kappa shape index (κ3) is 3.00. The van der Waals surface area contributed by atoms with Gasteiger partial charge in [-0.3, -0.25) is 23.1 Å². The van der Waals surface area contributed by atoms with Gasteiger partial charge in [-0.05, 0) is 13.3 Å². The second kappa shape index (κ2) is 7.20. The van der Waals surface area contributed by atoms with Crippen molar-refractivity contribution in [1.29, 1.82) is 0 Å². The quantitative estimate of drug-likeness (QED) is 0.470. The highest BCUT2D eigenvalue weighted by atomic mass is 16.2. The van der Waals surface area contributed by atoms with Gasteiger partial charge < -0.3 is 4.57 Å². The summed E-state index contributed by atoms with van der Waals surface area (Å²) in [6, 6.07) is 8.65. The molecule has 1 aromatic carbocycles. The van der Waals surface area contributed by atoms with Crippen LogP contribution in [0.4, 0.5) is 0 Å². The Morgan fingerprint density at radius 1 is 1.10 bits per heavy atom. The molecule has 0 N–H and O–H groups in total. The summed E-state index contributed by atoms with van der Waals surface area (Å²) in [6.07, 6.45) is 3.88. The van der Waals surface area contributed by atoms with E-state index in [0.29, 0.717) is 22.5 Å². The Kier molecular flexibility index (Phi) is 4.70. The van der Waals surface area contributed by atoms with E-state index < -0.39 is 11.2 Å². The van der Waals surface area contributed by atoms with Gasteiger partial charge >= 0.3 is 5.69 Å². The highest BCUT2D eigenvalue weighted by Gasteiger charge is 2.21. The van der Waals surface area contributed by atoms with E-state index >= 15 is 0 Å². The van der Waals surface area contributed by atoms with Crippen LogP contribution < -0.4 is 11.2 Å². The molecule has 0 saturated heterocycles. The number of rotatable bonds is 6. The maximum atomic E-state index is 13.2. The molecule has 0 amide bonds. The average molecular weight is 393 g/mol. The van der Waals surface area contributed by atoms with Gasteiger partial charge in [-0.15, -0.1) is 0 Å². The molecule has 0 aliphatic carbocycles. The third-order valence-corrected chi connectivity index (χ3v) is 5.27. The maximum Gasteiger partial charge on any atom is 0.332 e. The topological polar surface area (TPSA) is 83.3 Å². The monoisotopic (exact) mass is 393 g/mol. The number of ketones is 1. The molecular formula is C21H23N5O3. The van der Waals surface area contributed by atoms with Crippen molar-refractivity contribution in [2.45, 2.75) is 39.8 Å². The maximum absolute atomic E-state index is 13.2.